The molecular weight excluding hydrogens is 1410 g/mol. The Labute approximate surface area is 651 Å². The molecule has 2 heterocycles. The maximum atomic E-state index is 16.6. The van der Waals surface area contributed by atoms with E-state index in [1.165, 1.54) is 38.1 Å². The molecule has 4 amide bonds. The Balaban J connectivity index is 1.17. The fourth-order valence-corrected chi connectivity index (χ4v) is 14.3. The Hall–Kier alpha value is -12.4. The number of fused-ring (bicyclic) bond motifs is 2. The predicted molar refractivity (Wildman–Crippen MR) is 431 cm³/mol. The van der Waals surface area contributed by atoms with Gasteiger partial charge in [-0.1, -0.05) is 205 Å². The molecule has 0 spiro atoms. The van der Waals surface area contributed by atoms with Gasteiger partial charge in [0.2, 0.25) is 0 Å². The lowest BCUT2D eigenvalue weighted by Gasteiger charge is -2.35. The van der Waals surface area contributed by atoms with Crippen molar-refractivity contribution >= 4 is 90.6 Å². The lowest BCUT2D eigenvalue weighted by Crippen LogP contribution is -2.52. The molecule has 2 aliphatic heterocycles. The Morgan fingerprint density at radius 3 is 0.777 bits per heavy atom. The molecule has 0 bridgehead atoms. The van der Waals surface area contributed by atoms with Gasteiger partial charge in [-0.15, -0.1) is 0 Å². The summed E-state index contributed by atoms with van der Waals surface area (Å²) in [6, 6.07) is 50.5. The highest BCUT2D eigenvalue weighted by Gasteiger charge is 2.47. The first-order chi connectivity index (χ1) is 53.0. The third-order valence-electron chi connectivity index (χ3n) is 20.3. The smallest absolute Gasteiger partial charge is 0.333 e. The maximum Gasteiger partial charge on any atom is 0.333 e. The van der Waals surface area contributed by atoms with E-state index in [0.29, 0.717) is 34.1 Å². The molecule has 0 saturated carbocycles. The van der Waals surface area contributed by atoms with Crippen LogP contribution in [0.3, 0.4) is 0 Å². The molecule has 13 rings (SSSR count). The number of benzene rings is 11. The molecule has 112 heavy (non-hydrogen) atoms. The van der Waals surface area contributed by atoms with Crippen LogP contribution in [-0.2, 0) is 72.6 Å². The third kappa shape index (κ3) is 15.6. The van der Waals surface area contributed by atoms with Crippen molar-refractivity contribution < 1.29 is 76.3 Å². The van der Waals surface area contributed by atoms with Crippen molar-refractivity contribution in [2.24, 2.45) is 0 Å². The summed E-state index contributed by atoms with van der Waals surface area (Å²) in [5, 5.41) is 1.53. The highest BCUT2D eigenvalue weighted by atomic mass is 16.6. The number of rotatable bonds is 24. The number of hydrogen-bond donors (Lipinski definition) is 0. The van der Waals surface area contributed by atoms with Gasteiger partial charge in [0.05, 0.1) is 22.3 Å². The molecule has 0 radical (unpaired) electrons. The molecule has 0 N–H and O–H groups in total. The molecule has 0 aromatic heterocycles. The predicted octanol–water partition coefficient (Wildman–Crippen LogP) is 19.8. The van der Waals surface area contributed by atoms with Crippen LogP contribution < -0.4 is 18.9 Å². The monoisotopic (exact) mass is 1500 g/mol. The van der Waals surface area contributed by atoms with E-state index in [1.807, 2.05) is 97.1 Å². The van der Waals surface area contributed by atoms with Crippen LogP contribution >= 0.6 is 0 Å². The number of hydrogen-bond acceptors (Lipinski definition) is 16. The molecule has 11 aromatic carbocycles. The van der Waals surface area contributed by atoms with Crippen LogP contribution in [0, 0.1) is 0 Å². The standard InChI is InChI=1S/C94H90N2O16/c1-53(2)87(101)105-43-45-107-89(103)69(47-55-23-19-17-20-24-55)95-83(97)65-49-71(109-61-35-27-57(28-36-61)91(5,6)7)77-79-73(111-63-39-31-59(32-40-63)93(11,12)13)51-67-76-68(86(100)96(85(67)99)70(48-56-25-21-18-22-26-56)90(104)108-46-44-106-88(102)54(3)4)52-74(112-64-41-33-60(34-42-64)94(14,15)16)80(82(76)79)78-72(50-66(84(95)98)75(65)81(77)78)110-62-37-29-58(30-38-62)92(8,9)10/h17-42,49-52,69-70H,1,3,43-48H2,2,4-16H3. The molecule has 572 valence electrons. The molecule has 2 atom stereocenters. The Kier molecular flexibility index (Phi) is 21.1. The number of ether oxygens (including phenoxy) is 8. The first-order valence-corrected chi connectivity index (χ1v) is 37.4. The first-order valence-electron chi connectivity index (χ1n) is 37.4. The number of imide groups is 2. The number of carbonyl (C=O) groups excluding carboxylic acids is 8. The molecule has 0 fully saturated rings. The summed E-state index contributed by atoms with van der Waals surface area (Å²) in [7, 11) is 0. The van der Waals surface area contributed by atoms with Crippen LogP contribution in [0.25, 0.3) is 43.1 Å². The quantitative estimate of drug-likeness (QED) is 0.0104. The average Bonchev–Trinajstić information content (AvgIpc) is 0.669. The summed E-state index contributed by atoms with van der Waals surface area (Å²) in [5.41, 5.74) is 3.74. The van der Waals surface area contributed by atoms with E-state index in [-0.39, 0.29) is 147 Å². The van der Waals surface area contributed by atoms with E-state index >= 15 is 28.8 Å². The van der Waals surface area contributed by atoms with Gasteiger partial charge < -0.3 is 37.9 Å². The second-order valence-electron chi connectivity index (χ2n) is 32.7. The molecule has 11 aromatic rings. The normalized spacial score (nSPS) is 13.7. The van der Waals surface area contributed by atoms with E-state index < -0.39 is 72.8 Å². The zero-order valence-electron chi connectivity index (χ0n) is 65.6. The van der Waals surface area contributed by atoms with Crippen molar-refractivity contribution in [3.8, 4) is 46.0 Å². The first kappa shape index (κ1) is 77.7. The van der Waals surface area contributed by atoms with Crippen LogP contribution in [0.5, 0.6) is 46.0 Å². The van der Waals surface area contributed by atoms with Crippen molar-refractivity contribution in [2.75, 3.05) is 26.4 Å². The summed E-state index contributed by atoms with van der Waals surface area (Å²) in [5.74, 6) is -5.71. The van der Waals surface area contributed by atoms with Gasteiger partial charge in [0, 0.05) is 67.1 Å². The lowest BCUT2D eigenvalue weighted by atomic mass is 9.80. The second kappa shape index (κ2) is 30.4. The third-order valence-corrected chi connectivity index (χ3v) is 20.3. The molecule has 0 aliphatic carbocycles. The summed E-state index contributed by atoms with van der Waals surface area (Å²) in [4.78, 5) is 124. The van der Waals surface area contributed by atoms with Crippen molar-refractivity contribution in [2.45, 2.75) is 144 Å². The zero-order chi connectivity index (χ0) is 80.2. The molecule has 18 heteroatoms. The van der Waals surface area contributed by atoms with Crippen molar-refractivity contribution in [1.82, 2.24) is 9.80 Å². The van der Waals surface area contributed by atoms with Gasteiger partial charge in [0.15, 0.2) is 0 Å². The lowest BCUT2D eigenvalue weighted by molar-refractivity contribution is -0.153. The number of amides is 4. The molecule has 18 nitrogen and oxygen atoms in total. The highest BCUT2D eigenvalue weighted by molar-refractivity contribution is 6.45. The van der Waals surface area contributed by atoms with Crippen molar-refractivity contribution in [1.29, 1.82) is 0 Å². The van der Waals surface area contributed by atoms with Gasteiger partial charge in [-0.05, 0) is 142 Å². The average molecular weight is 1500 g/mol. The number of esters is 4. The molecular formula is C94H90N2O16. The van der Waals surface area contributed by atoms with Gasteiger partial charge in [0.25, 0.3) is 23.6 Å². The van der Waals surface area contributed by atoms with Crippen molar-refractivity contribution in [3.63, 3.8) is 0 Å². The van der Waals surface area contributed by atoms with E-state index in [0.717, 1.165) is 32.1 Å². The minimum Gasteiger partial charge on any atom is -0.461 e. The Bertz CT molecular complexity index is 5010. The van der Waals surface area contributed by atoms with Gasteiger partial charge >= 0.3 is 23.9 Å². The van der Waals surface area contributed by atoms with Gasteiger partial charge in [0.1, 0.15) is 84.5 Å². The fraction of sp³-hybridized carbons (Fsp3) is 0.277. The van der Waals surface area contributed by atoms with Crippen LogP contribution in [0.2, 0.25) is 0 Å². The van der Waals surface area contributed by atoms with E-state index in [9.17, 15) is 9.59 Å². The van der Waals surface area contributed by atoms with Gasteiger partial charge in [-0.2, -0.15) is 0 Å². The fourth-order valence-electron chi connectivity index (χ4n) is 14.3. The Morgan fingerprint density at radius 2 is 0.554 bits per heavy atom. The minimum absolute atomic E-state index is 0.0169. The zero-order valence-corrected chi connectivity index (χ0v) is 65.6. The summed E-state index contributed by atoms with van der Waals surface area (Å²) < 4.78 is 51.8. The highest BCUT2D eigenvalue weighted by Crippen LogP contribution is 2.58. The summed E-state index contributed by atoms with van der Waals surface area (Å²) in [6.07, 6.45) is -0.426. The molecule has 2 aliphatic rings. The van der Waals surface area contributed by atoms with Crippen LogP contribution in [0.1, 0.15) is 172 Å². The maximum absolute atomic E-state index is 16.6. The summed E-state index contributed by atoms with van der Waals surface area (Å²) >= 11 is 0. The van der Waals surface area contributed by atoms with Crippen molar-refractivity contribution in [3.05, 3.63) is 262 Å². The van der Waals surface area contributed by atoms with Gasteiger partial charge in [-0.3, -0.25) is 29.0 Å². The van der Waals surface area contributed by atoms with Crippen LogP contribution in [-0.4, -0.2) is 95.8 Å². The largest absolute Gasteiger partial charge is 0.461 e. The van der Waals surface area contributed by atoms with E-state index in [2.05, 4.69) is 96.2 Å². The van der Waals surface area contributed by atoms with Crippen LogP contribution in [0.4, 0.5) is 0 Å². The summed E-state index contributed by atoms with van der Waals surface area (Å²) in [6.45, 7) is 33.7. The topological polar surface area (TPSA) is 217 Å². The van der Waals surface area contributed by atoms with E-state index in [1.54, 1.807) is 60.7 Å². The number of nitrogens with zero attached hydrogens (tertiary/aromatic N) is 2. The minimum atomic E-state index is -1.64. The second-order valence-corrected chi connectivity index (χ2v) is 32.7. The van der Waals surface area contributed by atoms with Gasteiger partial charge in [-0.25, -0.2) is 19.2 Å². The molecule has 2 unspecified atom stereocenters. The van der Waals surface area contributed by atoms with Crippen LogP contribution in [0.15, 0.2) is 206 Å². The SMILES string of the molecule is C=C(C)C(=O)OCCOC(=O)C(Cc1ccccc1)N1C(=O)c2cc(Oc3ccc(C(C)(C)C)cc3)c3c4c(Oc5ccc(C(C)(C)C)cc5)cc5c6c(cc(Oc7ccc(C(C)(C)C)cc7)c(c7c(Oc8ccc(C(C)(C)C)cc8)cc(c2c37)C1=O)c64)C(=O)N(C(Cc1ccccc1)C(=O)OCCOC(=O)C(=C)C)C5=O. The molecule has 0 saturated heterocycles. The van der Waals surface area contributed by atoms with E-state index in [4.69, 9.17) is 37.9 Å². The number of carbonyl (C=O) groups is 8. The Morgan fingerprint density at radius 1 is 0.321 bits per heavy atom.